The van der Waals surface area contributed by atoms with Crippen molar-refractivity contribution < 1.29 is 4.79 Å². The van der Waals surface area contributed by atoms with Crippen LogP contribution in [0.1, 0.15) is 61.8 Å². The predicted octanol–water partition coefficient (Wildman–Crippen LogP) is 3.39. The maximum Gasteiger partial charge on any atom is 0.225 e. The summed E-state index contributed by atoms with van der Waals surface area (Å²) in [7, 11) is 0. The van der Waals surface area contributed by atoms with Crippen LogP contribution in [-0.4, -0.2) is 11.9 Å². The minimum Gasteiger partial charge on any atom is -0.349 e. The molecular weight excluding hydrogens is 260 g/mol. The highest BCUT2D eigenvalue weighted by molar-refractivity contribution is 5.79. The normalized spacial score (nSPS) is 24.2. The van der Waals surface area contributed by atoms with Crippen molar-refractivity contribution in [2.24, 2.45) is 11.7 Å². The minimum absolute atomic E-state index is 0.0128. The number of hydrogen-bond donors (Lipinski definition) is 2. The first-order valence-electron chi connectivity index (χ1n) is 8.12. The van der Waals surface area contributed by atoms with E-state index in [1.807, 2.05) is 0 Å². The van der Waals surface area contributed by atoms with Gasteiger partial charge in [0.1, 0.15) is 0 Å². The summed E-state index contributed by atoms with van der Waals surface area (Å²) < 4.78 is 0. The summed E-state index contributed by atoms with van der Waals surface area (Å²) >= 11 is 0. The van der Waals surface area contributed by atoms with Crippen LogP contribution in [0.5, 0.6) is 0 Å². The molecule has 1 aliphatic carbocycles. The molecule has 0 saturated heterocycles. The van der Waals surface area contributed by atoms with E-state index in [0.717, 1.165) is 25.7 Å². The molecule has 1 fully saturated rings. The van der Waals surface area contributed by atoms with Crippen LogP contribution in [0.2, 0.25) is 0 Å². The second kappa shape index (κ2) is 7.08. The average molecular weight is 288 g/mol. The quantitative estimate of drug-likeness (QED) is 0.838. The van der Waals surface area contributed by atoms with Gasteiger partial charge in [0.15, 0.2) is 0 Å². The summed E-state index contributed by atoms with van der Waals surface area (Å²) in [6.07, 6.45) is 5.36. The fraction of sp³-hybridized carbons (Fsp3) is 0.611. The summed E-state index contributed by atoms with van der Waals surface area (Å²) in [5.74, 6) is 0.0950. The molecule has 3 atom stereocenters. The van der Waals surface area contributed by atoms with Gasteiger partial charge >= 0.3 is 0 Å². The molecule has 0 aliphatic heterocycles. The number of aryl methyl sites for hydroxylation is 2. The lowest BCUT2D eigenvalue weighted by Crippen LogP contribution is -2.42. The average Bonchev–Trinajstić information content (AvgIpc) is 2.63. The Hall–Kier alpha value is -1.35. The van der Waals surface area contributed by atoms with Gasteiger partial charge in [-0.05, 0) is 44.7 Å². The van der Waals surface area contributed by atoms with E-state index < -0.39 is 0 Å². The molecular formula is C18H28N2O. The standard InChI is InChI=1S/C18H28N2O/c1-12-9-10-15(13(2)11-12)14(3)20-18(21)16-7-5-4-6-8-17(16)19/h9-11,14,16-17H,4-8,19H2,1-3H3,(H,20,21). The van der Waals surface area contributed by atoms with Crippen LogP contribution in [0.4, 0.5) is 0 Å². The Labute approximate surface area is 128 Å². The van der Waals surface area contributed by atoms with Gasteiger partial charge in [-0.25, -0.2) is 0 Å². The lowest BCUT2D eigenvalue weighted by molar-refractivity contribution is -0.126. The number of amides is 1. The van der Waals surface area contributed by atoms with E-state index in [2.05, 4.69) is 44.3 Å². The zero-order valence-corrected chi connectivity index (χ0v) is 13.5. The van der Waals surface area contributed by atoms with Crippen molar-refractivity contribution in [3.05, 3.63) is 34.9 Å². The number of carbonyl (C=O) groups excluding carboxylic acids is 1. The molecule has 3 unspecified atom stereocenters. The van der Waals surface area contributed by atoms with Crippen molar-refractivity contribution in [2.75, 3.05) is 0 Å². The monoisotopic (exact) mass is 288 g/mol. The van der Waals surface area contributed by atoms with Gasteiger partial charge in [-0.3, -0.25) is 4.79 Å². The van der Waals surface area contributed by atoms with E-state index in [9.17, 15) is 4.79 Å². The first-order valence-corrected chi connectivity index (χ1v) is 8.12. The van der Waals surface area contributed by atoms with Gasteiger partial charge in [-0.1, -0.05) is 43.0 Å². The van der Waals surface area contributed by atoms with E-state index >= 15 is 0 Å². The third-order valence-corrected chi connectivity index (χ3v) is 4.66. The SMILES string of the molecule is Cc1ccc(C(C)NC(=O)C2CCCCCC2N)c(C)c1. The summed E-state index contributed by atoms with van der Waals surface area (Å²) in [5.41, 5.74) is 9.85. The number of hydrogen-bond acceptors (Lipinski definition) is 2. The highest BCUT2D eigenvalue weighted by Gasteiger charge is 2.28. The second-order valence-corrected chi connectivity index (χ2v) is 6.50. The minimum atomic E-state index is -0.0271. The van der Waals surface area contributed by atoms with Crippen molar-refractivity contribution in [3.63, 3.8) is 0 Å². The number of nitrogens with one attached hydrogen (secondary N) is 1. The third kappa shape index (κ3) is 4.07. The van der Waals surface area contributed by atoms with Crippen molar-refractivity contribution in [1.82, 2.24) is 5.32 Å². The van der Waals surface area contributed by atoms with Gasteiger partial charge in [0.25, 0.3) is 0 Å². The zero-order chi connectivity index (χ0) is 15.4. The van der Waals surface area contributed by atoms with Crippen molar-refractivity contribution in [3.8, 4) is 0 Å². The molecule has 1 amide bonds. The molecule has 21 heavy (non-hydrogen) atoms. The lowest BCUT2D eigenvalue weighted by Gasteiger charge is -2.24. The van der Waals surface area contributed by atoms with Crippen LogP contribution in [0.3, 0.4) is 0 Å². The van der Waals surface area contributed by atoms with Gasteiger partial charge in [0.2, 0.25) is 5.91 Å². The molecule has 3 heteroatoms. The van der Waals surface area contributed by atoms with Gasteiger partial charge in [0, 0.05) is 6.04 Å². The third-order valence-electron chi connectivity index (χ3n) is 4.66. The Morgan fingerprint density at radius 3 is 2.67 bits per heavy atom. The molecule has 0 radical (unpaired) electrons. The van der Waals surface area contributed by atoms with Gasteiger partial charge < -0.3 is 11.1 Å². The van der Waals surface area contributed by atoms with E-state index in [4.69, 9.17) is 5.73 Å². The van der Waals surface area contributed by atoms with Gasteiger partial charge in [0.05, 0.1) is 12.0 Å². The first-order chi connectivity index (χ1) is 9.99. The molecule has 0 spiro atoms. The van der Waals surface area contributed by atoms with Crippen LogP contribution in [0.15, 0.2) is 18.2 Å². The Balaban J connectivity index is 2.04. The first kappa shape index (κ1) is 16.0. The van der Waals surface area contributed by atoms with E-state index in [0.29, 0.717) is 0 Å². The molecule has 1 saturated carbocycles. The van der Waals surface area contributed by atoms with Crippen LogP contribution in [0.25, 0.3) is 0 Å². The Bertz CT molecular complexity index is 498. The maximum atomic E-state index is 12.5. The lowest BCUT2D eigenvalue weighted by atomic mass is 9.93. The fourth-order valence-corrected chi connectivity index (χ4v) is 3.37. The second-order valence-electron chi connectivity index (χ2n) is 6.50. The number of benzene rings is 1. The molecule has 1 aliphatic rings. The topological polar surface area (TPSA) is 55.1 Å². The maximum absolute atomic E-state index is 12.5. The van der Waals surface area contributed by atoms with Crippen LogP contribution >= 0.6 is 0 Å². The summed E-state index contributed by atoms with van der Waals surface area (Å²) in [5, 5.41) is 3.17. The molecule has 1 aromatic carbocycles. The zero-order valence-electron chi connectivity index (χ0n) is 13.5. The Morgan fingerprint density at radius 2 is 1.95 bits per heavy atom. The fourth-order valence-electron chi connectivity index (χ4n) is 3.37. The highest BCUT2D eigenvalue weighted by atomic mass is 16.2. The molecule has 2 rings (SSSR count). The molecule has 116 valence electrons. The van der Waals surface area contributed by atoms with Crippen LogP contribution in [-0.2, 0) is 4.79 Å². The van der Waals surface area contributed by atoms with E-state index in [1.54, 1.807) is 0 Å². The number of nitrogens with two attached hydrogens (primary N) is 1. The smallest absolute Gasteiger partial charge is 0.225 e. The number of rotatable bonds is 3. The van der Waals surface area contributed by atoms with Crippen molar-refractivity contribution in [2.45, 2.75) is 65.0 Å². The molecule has 3 N–H and O–H groups in total. The summed E-state index contributed by atoms with van der Waals surface area (Å²) in [4.78, 5) is 12.5. The Morgan fingerprint density at radius 1 is 1.24 bits per heavy atom. The van der Waals surface area contributed by atoms with Crippen LogP contribution in [0, 0.1) is 19.8 Å². The predicted molar refractivity (Wildman–Crippen MR) is 87.0 cm³/mol. The van der Waals surface area contributed by atoms with Crippen molar-refractivity contribution >= 4 is 5.91 Å². The van der Waals surface area contributed by atoms with Gasteiger partial charge in [-0.2, -0.15) is 0 Å². The molecule has 0 heterocycles. The number of carbonyl (C=O) groups is 1. The molecule has 0 aromatic heterocycles. The van der Waals surface area contributed by atoms with Gasteiger partial charge in [-0.15, -0.1) is 0 Å². The molecule has 0 bridgehead atoms. The van der Waals surface area contributed by atoms with Crippen LogP contribution < -0.4 is 11.1 Å². The summed E-state index contributed by atoms with van der Waals surface area (Å²) in [6, 6.07) is 6.42. The Kier molecular flexibility index (Phi) is 5.40. The molecule has 1 aromatic rings. The van der Waals surface area contributed by atoms with Crippen molar-refractivity contribution in [1.29, 1.82) is 0 Å². The highest BCUT2D eigenvalue weighted by Crippen LogP contribution is 2.24. The van der Waals surface area contributed by atoms with E-state index in [1.165, 1.54) is 23.1 Å². The largest absolute Gasteiger partial charge is 0.349 e. The molecule has 3 nitrogen and oxygen atoms in total. The van der Waals surface area contributed by atoms with E-state index in [-0.39, 0.29) is 23.9 Å². The summed E-state index contributed by atoms with van der Waals surface area (Å²) in [6.45, 7) is 6.24.